The van der Waals surface area contributed by atoms with E-state index in [0.29, 0.717) is 17.7 Å². The molecule has 4 aromatic rings. The molecule has 0 bridgehead atoms. The van der Waals surface area contributed by atoms with Crippen molar-refractivity contribution in [3.8, 4) is 5.75 Å². The summed E-state index contributed by atoms with van der Waals surface area (Å²) >= 11 is 3.42. The van der Waals surface area contributed by atoms with Crippen LogP contribution >= 0.6 is 15.9 Å². The number of aromatic nitrogens is 3. The third-order valence-corrected chi connectivity index (χ3v) is 7.09. The molecule has 1 aliphatic heterocycles. The number of hydrogen-bond donors (Lipinski definition) is 0. The largest absolute Gasteiger partial charge is 0.490 e. The highest BCUT2D eigenvalue weighted by Gasteiger charge is 2.21. The third-order valence-electron chi connectivity index (χ3n) is 6.57. The molecule has 1 saturated heterocycles. The molecule has 0 amide bonds. The zero-order valence-electron chi connectivity index (χ0n) is 20.2. The number of carbonyl (C=O) groups is 1. The van der Waals surface area contributed by atoms with E-state index in [2.05, 4.69) is 38.2 Å². The van der Waals surface area contributed by atoms with Crippen molar-refractivity contribution in [2.75, 3.05) is 20.1 Å². The molecular formula is C27H27BrN4O4. The van der Waals surface area contributed by atoms with Gasteiger partial charge in [-0.25, -0.2) is 9.48 Å². The highest BCUT2D eigenvalue weighted by atomic mass is 79.9. The predicted molar refractivity (Wildman–Crippen MR) is 140 cm³/mol. The van der Waals surface area contributed by atoms with Crippen molar-refractivity contribution >= 4 is 32.7 Å². The van der Waals surface area contributed by atoms with Crippen molar-refractivity contribution in [2.45, 2.75) is 38.8 Å². The molecule has 2 aromatic heterocycles. The number of piperidine rings is 1. The Morgan fingerprint density at radius 2 is 1.92 bits per heavy atom. The Kier molecular flexibility index (Phi) is 7.02. The van der Waals surface area contributed by atoms with Crippen LogP contribution < -0.4 is 10.4 Å². The van der Waals surface area contributed by atoms with Gasteiger partial charge in [0.1, 0.15) is 23.1 Å². The molecule has 0 atom stereocenters. The van der Waals surface area contributed by atoms with Gasteiger partial charge in [0.25, 0.3) is 0 Å². The number of ketones is 1. The molecule has 9 heteroatoms. The molecule has 0 aliphatic carbocycles. The van der Waals surface area contributed by atoms with Crippen molar-refractivity contribution < 1.29 is 13.9 Å². The van der Waals surface area contributed by atoms with Gasteiger partial charge < -0.3 is 14.1 Å². The normalized spacial score (nSPS) is 14.9. The summed E-state index contributed by atoms with van der Waals surface area (Å²) < 4.78 is 14.5. The summed E-state index contributed by atoms with van der Waals surface area (Å²) in [6, 6.07) is 13.3. The van der Waals surface area contributed by atoms with Crippen molar-refractivity contribution in [1.29, 1.82) is 0 Å². The molecule has 2 aromatic carbocycles. The molecule has 0 N–H and O–H groups in total. The third kappa shape index (κ3) is 5.42. The van der Waals surface area contributed by atoms with Gasteiger partial charge in [-0.05, 0) is 62.7 Å². The minimum atomic E-state index is -0.530. The van der Waals surface area contributed by atoms with Gasteiger partial charge in [0.2, 0.25) is 0 Å². The van der Waals surface area contributed by atoms with E-state index < -0.39 is 5.63 Å². The zero-order valence-corrected chi connectivity index (χ0v) is 21.8. The maximum Gasteiger partial charge on any atom is 0.339 e. The quantitative estimate of drug-likeness (QED) is 0.249. The first-order valence-corrected chi connectivity index (χ1v) is 12.7. The zero-order chi connectivity index (χ0) is 25.2. The number of ether oxygens (including phenoxy) is 1. The minimum absolute atomic E-state index is 0.109. The molecule has 8 nitrogen and oxygen atoms in total. The Balaban J connectivity index is 1.30. The summed E-state index contributed by atoms with van der Waals surface area (Å²) in [7, 11) is 2.11. The number of fused-ring (bicyclic) bond motifs is 1. The van der Waals surface area contributed by atoms with E-state index in [4.69, 9.17) is 9.15 Å². The van der Waals surface area contributed by atoms with Crippen molar-refractivity contribution in [1.82, 2.24) is 19.9 Å². The van der Waals surface area contributed by atoms with E-state index in [0.717, 1.165) is 52.7 Å². The molecule has 0 radical (unpaired) electrons. The molecule has 3 heterocycles. The van der Waals surface area contributed by atoms with Gasteiger partial charge in [-0.1, -0.05) is 33.3 Å². The van der Waals surface area contributed by atoms with Crippen LogP contribution in [-0.4, -0.2) is 51.9 Å². The van der Waals surface area contributed by atoms with Gasteiger partial charge in [-0.15, -0.1) is 5.10 Å². The Morgan fingerprint density at radius 3 is 2.67 bits per heavy atom. The lowest BCUT2D eigenvalue weighted by atomic mass is 10.0. The molecule has 0 unspecified atom stereocenters. The second-order valence-corrected chi connectivity index (χ2v) is 10.2. The van der Waals surface area contributed by atoms with Gasteiger partial charge in [-0.2, -0.15) is 0 Å². The van der Waals surface area contributed by atoms with Crippen LogP contribution in [0.3, 0.4) is 0 Å². The lowest BCUT2D eigenvalue weighted by Gasteiger charge is -2.29. The number of halogens is 1. The topological polar surface area (TPSA) is 90.5 Å². The van der Waals surface area contributed by atoms with Crippen LogP contribution in [-0.2, 0) is 13.0 Å². The summed E-state index contributed by atoms with van der Waals surface area (Å²) in [4.78, 5) is 27.9. The second-order valence-electron chi connectivity index (χ2n) is 9.31. The fourth-order valence-corrected chi connectivity index (χ4v) is 4.69. The fourth-order valence-electron chi connectivity index (χ4n) is 4.43. The van der Waals surface area contributed by atoms with E-state index >= 15 is 0 Å². The van der Waals surface area contributed by atoms with Crippen LogP contribution in [0.2, 0.25) is 0 Å². The summed E-state index contributed by atoms with van der Waals surface area (Å²) in [5.74, 6) is 0.439. The van der Waals surface area contributed by atoms with Crippen LogP contribution in [0.5, 0.6) is 5.75 Å². The highest BCUT2D eigenvalue weighted by molar-refractivity contribution is 9.10. The lowest BCUT2D eigenvalue weighted by molar-refractivity contribution is 0.0987. The van der Waals surface area contributed by atoms with Crippen molar-refractivity contribution in [2.24, 2.45) is 0 Å². The number of benzene rings is 2. The van der Waals surface area contributed by atoms with Crippen molar-refractivity contribution in [3.05, 3.63) is 85.9 Å². The average Bonchev–Trinajstić information content (AvgIpc) is 3.33. The van der Waals surface area contributed by atoms with Gasteiger partial charge in [0.15, 0.2) is 5.78 Å². The van der Waals surface area contributed by atoms with Gasteiger partial charge in [-0.3, -0.25) is 4.79 Å². The number of carbonyl (C=O) groups excluding carboxylic acids is 1. The summed E-state index contributed by atoms with van der Waals surface area (Å²) in [5, 5.41) is 8.82. The summed E-state index contributed by atoms with van der Waals surface area (Å²) in [5.41, 5.74) is 2.28. The van der Waals surface area contributed by atoms with E-state index in [1.54, 1.807) is 16.9 Å². The Labute approximate surface area is 217 Å². The number of likely N-dealkylation sites (tertiary alicyclic amines) is 1. The molecule has 0 saturated carbocycles. The van der Waals surface area contributed by atoms with Crippen LogP contribution in [0.15, 0.2) is 62.3 Å². The predicted octanol–water partition coefficient (Wildman–Crippen LogP) is 4.40. The lowest BCUT2D eigenvalue weighted by Crippen LogP contribution is -2.35. The number of rotatable bonds is 7. The number of nitrogens with zero attached hydrogens (tertiary/aromatic N) is 4. The average molecular weight is 551 g/mol. The number of Topliss-reactive ketones (excluding diaryl/α,β-unsaturated/α-hetero) is 1. The molecule has 1 fully saturated rings. The van der Waals surface area contributed by atoms with Gasteiger partial charge in [0, 0.05) is 40.5 Å². The summed E-state index contributed by atoms with van der Waals surface area (Å²) in [6.07, 6.45) is 3.57. The first-order valence-electron chi connectivity index (χ1n) is 11.9. The van der Waals surface area contributed by atoms with Crippen molar-refractivity contribution in [3.63, 3.8) is 0 Å². The SMILES string of the molecule is Cc1c(OC2CCN(C)CC2)ccc2cc(CC(=O)c3cn(Cc4ccc(Br)cc4)nn3)c(=O)oc12. The maximum atomic E-state index is 12.9. The van der Waals surface area contributed by atoms with Crippen LogP contribution in [0.25, 0.3) is 11.0 Å². The van der Waals surface area contributed by atoms with Gasteiger partial charge >= 0.3 is 5.63 Å². The monoisotopic (exact) mass is 550 g/mol. The highest BCUT2D eigenvalue weighted by Crippen LogP contribution is 2.29. The van der Waals surface area contributed by atoms with Crippen LogP contribution in [0.1, 0.15) is 40.0 Å². The maximum absolute atomic E-state index is 12.9. The van der Waals surface area contributed by atoms with Crippen LogP contribution in [0.4, 0.5) is 0 Å². The van der Waals surface area contributed by atoms with E-state index in [9.17, 15) is 9.59 Å². The standard InChI is InChI=1S/C27H27BrN4O4/c1-17-25(35-22-9-11-31(2)12-10-22)8-5-19-13-20(27(34)36-26(17)19)14-24(33)23-16-32(30-29-23)15-18-3-6-21(28)7-4-18/h3-8,13,16,22H,9-12,14-15H2,1-2H3. The Bertz CT molecular complexity index is 1450. The molecule has 186 valence electrons. The molecule has 36 heavy (non-hydrogen) atoms. The second kappa shape index (κ2) is 10.4. The smallest absolute Gasteiger partial charge is 0.339 e. The van der Waals surface area contributed by atoms with E-state index in [1.165, 1.54) is 0 Å². The fraction of sp³-hybridized carbons (Fsp3) is 0.333. The van der Waals surface area contributed by atoms with Crippen LogP contribution in [0, 0.1) is 6.92 Å². The molecule has 0 spiro atoms. The Hall–Kier alpha value is -3.30. The molecular weight excluding hydrogens is 524 g/mol. The van der Waals surface area contributed by atoms with E-state index in [1.807, 2.05) is 43.3 Å². The summed E-state index contributed by atoms with van der Waals surface area (Å²) in [6.45, 7) is 4.39. The first-order chi connectivity index (χ1) is 17.4. The Morgan fingerprint density at radius 1 is 1.17 bits per heavy atom. The van der Waals surface area contributed by atoms with Gasteiger partial charge in [0.05, 0.1) is 12.7 Å². The molecule has 5 rings (SSSR count). The number of aryl methyl sites for hydroxylation is 1. The molecule has 1 aliphatic rings. The first kappa shape index (κ1) is 24.4. The number of hydrogen-bond acceptors (Lipinski definition) is 7. The van der Waals surface area contributed by atoms with E-state index in [-0.39, 0.29) is 24.0 Å². The minimum Gasteiger partial charge on any atom is -0.490 e.